The third-order valence-electron chi connectivity index (χ3n) is 5.92. The fourth-order valence-corrected chi connectivity index (χ4v) is 5.08. The number of nitrogens with zero attached hydrogens (tertiary/aromatic N) is 1. The summed E-state index contributed by atoms with van der Waals surface area (Å²) in [6, 6.07) is 0. The second-order valence-electron chi connectivity index (χ2n) is 8.36. The first-order valence-corrected chi connectivity index (χ1v) is 13.1. The van der Waals surface area contributed by atoms with Gasteiger partial charge in [-0.05, 0) is 6.42 Å². The minimum Gasteiger partial charge on any atom is -0.274 e. The van der Waals surface area contributed by atoms with Gasteiger partial charge in [0.1, 0.15) is 0 Å². The van der Waals surface area contributed by atoms with Crippen molar-refractivity contribution in [3.8, 4) is 0 Å². The summed E-state index contributed by atoms with van der Waals surface area (Å²) in [5.41, 5.74) is 0.132. The molecule has 174 valence electrons. The van der Waals surface area contributed by atoms with Crippen LogP contribution in [0.4, 0.5) is 0 Å². The van der Waals surface area contributed by atoms with Crippen molar-refractivity contribution in [3.05, 3.63) is 31.2 Å². The van der Waals surface area contributed by atoms with Gasteiger partial charge in [-0.15, -0.1) is 0 Å². The maximum absolute atomic E-state index is 12.7. The average molecular weight is 509 g/mol. The standard InChI is InChI=1S/C24H33Cl4NO2/c1-2-3-4-5-6-7-8-9-10-11-12-13-14-15-16-29-23(30)17-18(24(29)31)20(26)22(28)21(27)19(17)25/h2-16H2,1H3. The predicted octanol–water partition coefficient (Wildman–Crippen LogP) is 9.38. The number of carbonyl (C=O) groups excluding carboxylic acids is 2. The lowest BCUT2D eigenvalue weighted by molar-refractivity contribution is 0.0651. The summed E-state index contributed by atoms with van der Waals surface area (Å²) >= 11 is 24.4. The number of halogens is 4. The van der Waals surface area contributed by atoms with Crippen LogP contribution in [0.2, 0.25) is 20.1 Å². The lowest BCUT2D eigenvalue weighted by Crippen LogP contribution is -2.30. The number of unbranched alkanes of at least 4 members (excludes halogenated alkanes) is 13. The Bertz CT molecular complexity index is 720. The molecule has 7 heteroatoms. The SMILES string of the molecule is CCCCCCCCCCCCCCCCN1C(=O)c2c(Cl)c(Cl)c(Cl)c(Cl)c2C1=O. The molecule has 0 radical (unpaired) electrons. The van der Waals surface area contributed by atoms with Crippen LogP contribution in [0.1, 0.15) is 118 Å². The number of rotatable bonds is 15. The quantitative estimate of drug-likeness (QED) is 0.102. The third kappa shape index (κ3) is 7.25. The first kappa shape index (κ1) is 26.8. The highest BCUT2D eigenvalue weighted by molar-refractivity contribution is 6.55. The second kappa shape index (κ2) is 13.9. The molecule has 1 aromatic rings. The molecule has 1 aliphatic heterocycles. The molecule has 2 rings (SSSR count). The summed E-state index contributed by atoms with van der Waals surface area (Å²) in [6.45, 7) is 2.61. The van der Waals surface area contributed by atoms with Crippen molar-refractivity contribution in [1.82, 2.24) is 4.90 Å². The van der Waals surface area contributed by atoms with E-state index in [9.17, 15) is 9.59 Å². The number of hydrogen-bond acceptors (Lipinski definition) is 2. The lowest BCUT2D eigenvalue weighted by atomic mass is 10.0. The van der Waals surface area contributed by atoms with Gasteiger partial charge in [0.05, 0.1) is 31.2 Å². The van der Waals surface area contributed by atoms with E-state index in [1.807, 2.05) is 0 Å². The van der Waals surface area contributed by atoms with E-state index in [-0.39, 0.29) is 31.2 Å². The molecule has 1 aliphatic rings. The predicted molar refractivity (Wildman–Crippen MR) is 132 cm³/mol. The number of benzene rings is 1. The van der Waals surface area contributed by atoms with Crippen molar-refractivity contribution in [2.24, 2.45) is 0 Å². The van der Waals surface area contributed by atoms with E-state index in [0.717, 1.165) is 19.3 Å². The molecule has 31 heavy (non-hydrogen) atoms. The summed E-state index contributed by atoms with van der Waals surface area (Å²) in [7, 11) is 0. The van der Waals surface area contributed by atoms with E-state index in [4.69, 9.17) is 46.4 Å². The highest BCUT2D eigenvalue weighted by Gasteiger charge is 2.41. The van der Waals surface area contributed by atoms with Crippen molar-refractivity contribution in [1.29, 1.82) is 0 Å². The van der Waals surface area contributed by atoms with E-state index in [1.165, 1.54) is 75.5 Å². The van der Waals surface area contributed by atoms with Gasteiger partial charge in [0.25, 0.3) is 11.8 Å². The first-order chi connectivity index (χ1) is 14.9. The van der Waals surface area contributed by atoms with Gasteiger partial charge < -0.3 is 0 Å². The molecule has 0 aromatic heterocycles. The number of hydrogen-bond donors (Lipinski definition) is 0. The highest BCUT2D eigenvalue weighted by atomic mass is 35.5. The number of carbonyl (C=O) groups is 2. The normalized spacial score (nSPS) is 13.4. The molecule has 1 heterocycles. The number of imide groups is 1. The van der Waals surface area contributed by atoms with Crippen LogP contribution in [0.15, 0.2) is 0 Å². The van der Waals surface area contributed by atoms with E-state index in [0.29, 0.717) is 6.54 Å². The van der Waals surface area contributed by atoms with E-state index in [2.05, 4.69) is 6.92 Å². The van der Waals surface area contributed by atoms with Crippen LogP contribution in [0, 0.1) is 0 Å². The molecule has 0 bridgehead atoms. The molecule has 0 saturated carbocycles. The van der Waals surface area contributed by atoms with E-state index in [1.54, 1.807) is 0 Å². The fraction of sp³-hybridized carbons (Fsp3) is 0.667. The van der Waals surface area contributed by atoms with Crippen molar-refractivity contribution < 1.29 is 9.59 Å². The average Bonchev–Trinajstić information content (AvgIpc) is 3.01. The first-order valence-electron chi connectivity index (χ1n) is 11.6. The van der Waals surface area contributed by atoms with Gasteiger partial charge in [0.15, 0.2) is 0 Å². The molecule has 0 N–H and O–H groups in total. The third-order valence-corrected chi connectivity index (χ3v) is 7.72. The van der Waals surface area contributed by atoms with E-state index >= 15 is 0 Å². The molecule has 1 aromatic carbocycles. The maximum atomic E-state index is 12.7. The van der Waals surface area contributed by atoms with E-state index < -0.39 is 11.8 Å². The van der Waals surface area contributed by atoms with Crippen LogP contribution in [-0.2, 0) is 0 Å². The summed E-state index contributed by atoms with van der Waals surface area (Å²) in [5.74, 6) is -0.889. The zero-order chi connectivity index (χ0) is 22.8. The van der Waals surface area contributed by atoms with Crippen molar-refractivity contribution >= 4 is 58.2 Å². The van der Waals surface area contributed by atoms with Gasteiger partial charge in [0.2, 0.25) is 0 Å². The Morgan fingerprint density at radius 3 is 1.19 bits per heavy atom. The van der Waals surface area contributed by atoms with Gasteiger partial charge in [-0.25, -0.2) is 0 Å². The molecular formula is C24H33Cl4NO2. The second-order valence-corrected chi connectivity index (χ2v) is 9.88. The summed E-state index contributed by atoms with van der Waals surface area (Å²) in [4.78, 5) is 26.5. The lowest BCUT2D eigenvalue weighted by Gasteiger charge is -2.13. The van der Waals surface area contributed by atoms with Crippen LogP contribution >= 0.6 is 46.4 Å². The van der Waals surface area contributed by atoms with Crippen LogP contribution in [0.25, 0.3) is 0 Å². The monoisotopic (exact) mass is 507 g/mol. The summed E-state index contributed by atoms with van der Waals surface area (Å²) in [5, 5.41) is -0.00101. The van der Waals surface area contributed by atoms with Gasteiger partial charge in [-0.2, -0.15) is 0 Å². The smallest absolute Gasteiger partial charge is 0.263 e. The molecule has 0 fully saturated rings. The minimum atomic E-state index is -0.444. The van der Waals surface area contributed by atoms with Crippen LogP contribution in [0.3, 0.4) is 0 Å². The number of amides is 2. The van der Waals surface area contributed by atoms with Crippen molar-refractivity contribution in [2.75, 3.05) is 6.54 Å². The molecule has 0 atom stereocenters. The Labute approximate surface area is 206 Å². The molecule has 3 nitrogen and oxygen atoms in total. The minimum absolute atomic E-state index is 0.00609. The zero-order valence-corrected chi connectivity index (χ0v) is 21.4. The molecule has 0 unspecified atom stereocenters. The van der Waals surface area contributed by atoms with Crippen molar-refractivity contribution in [2.45, 2.75) is 96.8 Å². The van der Waals surface area contributed by atoms with Crippen LogP contribution in [-0.4, -0.2) is 23.3 Å². The Balaban J connectivity index is 1.60. The highest BCUT2D eigenvalue weighted by Crippen LogP contribution is 2.44. The summed E-state index contributed by atoms with van der Waals surface area (Å²) < 4.78 is 0. The maximum Gasteiger partial charge on any atom is 0.263 e. The Morgan fingerprint density at radius 1 is 0.516 bits per heavy atom. The van der Waals surface area contributed by atoms with Gasteiger partial charge >= 0.3 is 0 Å². The summed E-state index contributed by atoms with van der Waals surface area (Å²) in [6.07, 6.45) is 17.5. The van der Waals surface area contributed by atoms with Crippen LogP contribution < -0.4 is 0 Å². The fourth-order valence-electron chi connectivity index (χ4n) is 4.06. The topological polar surface area (TPSA) is 37.4 Å². The zero-order valence-electron chi connectivity index (χ0n) is 18.4. The molecule has 0 aliphatic carbocycles. The van der Waals surface area contributed by atoms with Crippen LogP contribution in [0.5, 0.6) is 0 Å². The molecule has 0 saturated heterocycles. The molecule has 2 amide bonds. The number of fused-ring (bicyclic) bond motifs is 1. The molecule has 0 spiro atoms. The Morgan fingerprint density at radius 2 is 0.839 bits per heavy atom. The Hall–Kier alpha value is -0.480. The van der Waals surface area contributed by atoms with Gasteiger partial charge in [-0.3, -0.25) is 14.5 Å². The van der Waals surface area contributed by atoms with Gasteiger partial charge in [-0.1, -0.05) is 137 Å². The van der Waals surface area contributed by atoms with Gasteiger partial charge in [0, 0.05) is 6.54 Å². The molecular weight excluding hydrogens is 476 g/mol. The Kier molecular flexibility index (Phi) is 12.0. The van der Waals surface area contributed by atoms with Crippen molar-refractivity contribution in [3.63, 3.8) is 0 Å². The largest absolute Gasteiger partial charge is 0.274 e.